The SMILES string of the molecule is CCCS(=O)(=O)N(C)CC1CCN(C)CC1. The molecule has 0 aromatic rings. The second kappa shape index (κ2) is 5.98. The Bertz CT molecular complexity index is 295. The lowest BCUT2D eigenvalue weighted by molar-refractivity contribution is 0.202. The van der Waals surface area contributed by atoms with E-state index in [1.54, 1.807) is 11.4 Å². The van der Waals surface area contributed by atoms with E-state index in [0.717, 1.165) is 25.9 Å². The first-order valence-electron chi connectivity index (χ1n) is 6.08. The summed E-state index contributed by atoms with van der Waals surface area (Å²) in [4.78, 5) is 2.30. The van der Waals surface area contributed by atoms with Crippen LogP contribution in [0.1, 0.15) is 26.2 Å². The number of likely N-dealkylation sites (tertiary alicyclic amines) is 1. The van der Waals surface area contributed by atoms with Gasteiger partial charge in [-0.2, -0.15) is 0 Å². The predicted molar refractivity (Wildman–Crippen MR) is 66.9 cm³/mol. The number of piperidine rings is 1. The van der Waals surface area contributed by atoms with Crippen molar-refractivity contribution in [1.29, 1.82) is 0 Å². The van der Waals surface area contributed by atoms with Gasteiger partial charge in [-0.05, 0) is 45.3 Å². The fourth-order valence-electron chi connectivity index (χ4n) is 2.14. The Balaban J connectivity index is 2.42. The maximum Gasteiger partial charge on any atom is 0.213 e. The molecule has 0 radical (unpaired) electrons. The van der Waals surface area contributed by atoms with Gasteiger partial charge in [0.1, 0.15) is 0 Å². The van der Waals surface area contributed by atoms with E-state index in [-0.39, 0.29) is 5.75 Å². The molecule has 0 spiro atoms. The first-order chi connectivity index (χ1) is 7.45. The van der Waals surface area contributed by atoms with Crippen molar-refractivity contribution in [3.05, 3.63) is 0 Å². The van der Waals surface area contributed by atoms with Gasteiger partial charge in [-0.15, -0.1) is 0 Å². The lowest BCUT2D eigenvalue weighted by Gasteiger charge is -2.31. The molecule has 0 atom stereocenters. The summed E-state index contributed by atoms with van der Waals surface area (Å²) >= 11 is 0. The van der Waals surface area contributed by atoms with Crippen LogP contribution < -0.4 is 0 Å². The van der Waals surface area contributed by atoms with Crippen molar-refractivity contribution >= 4 is 10.0 Å². The Morgan fingerprint density at radius 3 is 2.38 bits per heavy atom. The maximum absolute atomic E-state index is 11.8. The zero-order valence-electron chi connectivity index (χ0n) is 10.6. The number of hydrogen-bond donors (Lipinski definition) is 0. The summed E-state index contributed by atoms with van der Waals surface area (Å²) in [6.45, 7) is 4.77. The van der Waals surface area contributed by atoms with Gasteiger partial charge in [-0.1, -0.05) is 6.92 Å². The van der Waals surface area contributed by atoms with Crippen molar-refractivity contribution in [3.63, 3.8) is 0 Å². The van der Waals surface area contributed by atoms with Crippen molar-refractivity contribution in [3.8, 4) is 0 Å². The fraction of sp³-hybridized carbons (Fsp3) is 1.00. The molecule has 0 bridgehead atoms. The van der Waals surface area contributed by atoms with Crippen molar-refractivity contribution in [2.45, 2.75) is 26.2 Å². The summed E-state index contributed by atoms with van der Waals surface area (Å²) in [6, 6.07) is 0. The standard InChI is InChI=1S/C11H24N2O2S/c1-4-9-16(14,15)13(3)10-11-5-7-12(2)8-6-11/h11H,4-10H2,1-3H3. The molecule has 1 fully saturated rings. The summed E-state index contributed by atoms with van der Waals surface area (Å²) in [7, 11) is 0.827. The normalized spacial score (nSPS) is 20.5. The van der Waals surface area contributed by atoms with Crippen LogP contribution in [0.3, 0.4) is 0 Å². The zero-order chi connectivity index (χ0) is 12.2. The predicted octanol–water partition coefficient (Wildman–Crippen LogP) is 1.000. The van der Waals surface area contributed by atoms with Crippen LogP contribution >= 0.6 is 0 Å². The van der Waals surface area contributed by atoms with Crippen LogP contribution in [-0.2, 0) is 10.0 Å². The number of sulfonamides is 1. The highest BCUT2D eigenvalue weighted by Gasteiger charge is 2.23. The van der Waals surface area contributed by atoms with Crippen molar-refractivity contribution in [2.75, 3.05) is 39.5 Å². The fourth-order valence-corrected chi connectivity index (χ4v) is 3.40. The van der Waals surface area contributed by atoms with E-state index in [9.17, 15) is 8.42 Å². The largest absolute Gasteiger partial charge is 0.306 e. The topological polar surface area (TPSA) is 40.6 Å². The van der Waals surface area contributed by atoms with Crippen LogP contribution in [0.4, 0.5) is 0 Å². The Labute approximate surface area is 99.7 Å². The number of nitrogens with zero attached hydrogens (tertiary/aromatic N) is 2. The quantitative estimate of drug-likeness (QED) is 0.729. The molecule has 16 heavy (non-hydrogen) atoms. The molecular formula is C11H24N2O2S. The minimum atomic E-state index is -3.00. The third-order valence-corrected chi connectivity index (χ3v) is 5.31. The van der Waals surface area contributed by atoms with Crippen molar-refractivity contribution < 1.29 is 8.42 Å². The Kier molecular flexibility index (Phi) is 5.21. The summed E-state index contributed by atoms with van der Waals surface area (Å²) < 4.78 is 25.1. The van der Waals surface area contributed by atoms with E-state index in [2.05, 4.69) is 11.9 Å². The van der Waals surface area contributed by atoms with Gasteiger partial charge in [-0.3, -0.25) is 0 Å². The van der Waals surface area contributed by atoms with Gasteiger partial charge < -0.3 is 4.90 Å². The summed E-state index contributed by atoms with van der Waals surface area (Å²) in [6.07, 6.45) is 2.92. The molecule has 0 aliphatic carbocycles. The van der Waals surface area contributed by atoms with E-state index in [4.69, 9.17) is 0 Å². The monoisotopic (exact) mass is 248 g/mol. The molecule has 1 aliphatic heterocycles. The molecule has 0 amide bonds. The van der Waals surface area contributed by atoms with Gasteiger partial charge in [0, 0.05) is 13.6 Å². The molecule has 0 saturated carbocycles. The summed E-state index contributed by atoms with van der Waals surface area (Å²) in [5.74, 6) is 0.809. The molecule has 1 aliphatic rings. The Morgan fingerprint density at radius 1 is 1.31 bits per heavy atom. The smallest absolute Gasteiger partial charge is 0.213 e. The highest BCUT2D eigenvalue weighted by molar-refractivity contribution is 7.89. The average molecular weight is 248 g/mol. The zero-order valence-corrected chi connectivity index (χ0v) is 11.5. The van der Waals surface area contributed by atoms with E-state index < -0.39 is 10.0 Å². The molecular weight excluding hydrogens is 224 g/mol. The molecule has 96 valence electrons. The molecule has 1 heterocycles. The lowest BCUT2D eigenvalue weighted by atomic mass is 9.97. The minimum Gasteiger partial charge on any atom is -0.306 e. The maximum atomic E-state index is 11.8. The lowest BCUT2D eigenvalue weighted by Crippen LogP contribution is -2.38. The minimum absolute atomic E-state index is 0.274. The second-order valence-corrected chi connectivity index (χ2v) is 7.04. The third kappa shape index (κ3) is 4.03. The molecule has 0 aromatic carbocycles. The third-order valence-electron chi connectivity index (χ3n) is 3.29. The first kappa shape index (κ1) is 13.9. The van der Waals surface area contributed by atoms with Gasteiger partial charge in [0.25, 0.3) is 0 Å². The van der Waals surface area contributed by atoms with Gasteiger partial charge in [-0.25, -0.2) is 12.7 Å². The highest BCUT2D eigenvalue weighted by Crippen LogP contribution is 2.18. The average Bonchev–Trinajstić information content (AvgIpc) is 2.21. The van der Waals surface area contributed by atoms with Gasteiger partial charge in [0.2, 0.25) is 10.0 Å². The van der Waals surface area contributed by atoms with E-state index in [1.165, 1.54) is 0 Å². The molecule has 5 heteroatoms. The van der Waals surface area contributed by atoms with Crippen LogP contribution in [0.15, 0.2) is 0 Å². The molecule has 1 rings (SSSR count). The summed E-state index contributed by atoms with van der Waals surface area (Å²) in [5.41, 5.74) is 0. The molecule has 0 N–H and O–H groups in total. The van der Waals surface area contributed by atoms with E-state index in [1.807, 2.05) is 6.92 Å². The molecule has 4 nitrogen and oxygen atoms in total. The Hall–Kier alpha value is -0.130. The highest BCUT2D eigenvalue weighted by atomic mass is 32.2. The molecule has 1 saturated heterocycles. The van der Waals surface area contributed by atoms with Gasteiger partial charge in [0.05, 0.1) is 5.75 Å². The van der Waals surface area contributed by atoms with Crippen LogP contribution in [0, 0.1) is 5.92 Å². The van der Waals surface area contributed by atoms with E-state index >= 15 is 0 Å². The second-order valence-electron chi connectivity index (χ2n) is 4.84. The van der Waals surface area contributed by atoms with Crippen LogP contribution in [-0.4, -0.2) is 57.1 Å². The van der Waals surface area contributed by atoms with Crippen LogP contribution in [0.25, 0.3) is 0 Å². The number of hydrogen-bond acceptors (Lipinski definition) is 3. The molecule has 0 unspecified atom stereocenters. The Morgan fingerprint density at radius 2 is 1.88 bits per heavy atom. The number of rotatable bonds is 5. The first-order valence-corrected chi connectivity index (χ1v) is 7.69. The van der Waals surface area contributed by atoms with Gasteiger partial charge in [0.15, 0.2) is 0 Å². The van der Waals surface area contributed by atoms with E-state index in [0.29, 0.717) is 18.9 Å². The molecule has 0 aromatic heterocycles. The van der Waals surface area contributed by atoms with Crippen LogP contribution in [0.5, 0.6) is 0 Å². The van der Waals surface area contributed by atoms with Crippen molar-refractivity contribution in [2.24, 2.45) is 5.92 Å². The summed E-state index contributed by atoms with van der Waals surface area (Å²) in [5, 5.41) is 0. The van der Waals surface area contributed by atoms with Gasteiger partial charge >= 0.3 is 0 Å². The van der Waals surface area contributed by atoms with Crippen molar-refractivity contribution in [1.82, 2.24) is 9.21 Å². The van der Waals surface area contributed by atoms with Crippen LogP contribution in [0.2, 0.25) is 0 Å².